The predicted molar refractivity (Wildman–Crippen MR) is 112 cm³/mol. The van der Waals surface area contributed by atoms with Gasteiger partial charge in [0.1, 0.15) is 5.82 Å². The Morgan fingerprint density at radius 2 is 1.87 bits per heavy atom. The van der Waals surface area contributed by atoms with Crippen LogP contribution in [0.4, 0.5) is 10.1 Å². The SMILES string of the molecule is Cc1ccc(N2C[C@@H](C(=O)O[C@@H](CCCl)C(=O)c3ccc(F)cc3)CC2=O)cc1C. The highest BCUT2D eigenvalue weighted by molar-refractivity contribution is 6.18. The third-order valence-electron chi connectivity index (χ3n) is 5.31. The van der Waals surface area contributed by atoms with E-state index in [0.717, 1.165) is 16.8 Å². The van der Waals surface area contributed by atoms with E-state index in [2.05, 4.69) is 0 Å². The van der Waals surface area contributed by atoms with Gasteiger partial charge in [-0.05, 0) is 61.4 Å². The largest absolute Gasteiger partial charge is 0.454 e. The molecule has 0 aliphatic carbocycles. The number of ketones is 1. The van der Waals surface area contributed by atoms with Gasteiger partial charge < -0.3 is 9.64 Å². The van der Waals surface area contributed by atoms with Gasteiger partial charge in [0, 0.05) is 36.5 Å². The standard InChI is InChI=1S/C23H23ClFNO4/c1-14-3-8-19(11-15(14)2)26-13-17(12-21(26)27)23(29)30-20(9-10-24)22(28)16-4-6-18(25)7-5-16/h3-8,11,17,20H,9-10,12-13H2,1-2H3/t17-,20-/m0/s1. The lowest BCUT2D eigenvalue weighted by Gasteiger charge is -2.20. The van der Waals surface area contributed by atoms with Crippen molar-refractivity contribution in [2.75, 3.05) is 17.3 Å². The maximum atomic E-state index is 13.1. The molecule has 1 fully saturated rings. The van der Waals surface area contributed by atoms with Crippen molar-refractivity contribution in [1.82, 2.24) is 0 Å². The summed E-state index contributed by atoms with van der Waals surface area (Å²) in [7, 11) is 0. The lowest BCUT2D eigenvalue weighted by Crippen LogP contribution is -2.32. The number of rotatable bonds is 7. The van der Waals surface area contributed by atoms with Gasteiger partial charge in [0.15, 0.2) is 6.10 Å². The molecule has 0 bridgehead atoms. The van der Waals surface area contributed by atoms with Crippen molar-refractivity contribution in [1.29, 1.82) is 0 Å². The maximum Gasteiger partial charge on any atom is 0.312 e. The predicted octanol–water partition coefficient (Wildman–Crippen LogP) is 4.22. The second kappa shape index (κ2) is 9.39. The highest BCUT2D eigenvalue weighted by atomic mass is 35.5. The van der Waals surface area contributed by atoms with E-state index in [-0.39, 0.29) is 36.7 Å². The molecule has 2 aromatic rings. The molecule has 3 rings (SSSR count). The number of nitrogens with zero attached hydrogens (tertiary/aromatic N) is 1. The number of amides is 1. The van der Waals surface area contributed by atoms with Crippen molar-refractivity contribution < 1.29 is 23.5 Å². The molecule has 7 heteroatoms. The Balaban J connectivity index is 1.70. The number of ether oxygens (including phenoxy) is 1. The lowest BCUT2D eigenvalue weighted by atomic mass is 10.0. The van der Waals surface area contributed by atoms with Gasteiger partial charge in [0.2, 0.25) is 11.7 Å². The van der Waals surface area contributed by atoms with Crippen LogP contribution in [0.15, 0.2) is 42.5 Å². The van der Waals surface area contributed by atoms with Crippen LogP contribution >= 0.6 is 11.6 Å². The summed E-state index contributed by atoms with van der Waals surface area (Å²) in [5.74, 6) is -2.24. The molecule has 2 aromatic carbocycles. The smallest absolute Gasteiger partial charge is 0.312 e. The van der Waals surface area contributed by atoms with Crippen LogP contribution < -0.4 is 4.90 Å². The highest BCUT2D eigenvalue weighted by Gasteiger charge is 2.38. The van der Waals surface area contributed by atoms with Gasteiger partial charge >= 0.3 is 5.97 Å². The topological polar surface area (TPSA) is 63.7 Å². The average Bonchev–Trinajstić information content (AvgIpc) is 3.11. The van der Waals surface area contributed by atoms with Crippen molar-refractivity contribution >= 4 is 34.9 Å². The zero-order valence-electron chi connectivity index (χ0n) is 16.9. The van der Waals surface area contributed by atoms with E-state index in [0.29, 0.717) is 0 Å². The second-order valence-corrected chi connectivity index (χ2v) is 7.83. The minimum atomic E-state index is -1.08. The summed E-state index contributed by atoms with van der Waals surface area (Å²) in [6.07, 6.45) is -0.930. The minimum Gasteiger partial charge on any atom is -0.454 e. The van der Waals surface area contributed by atoms with Crippen molar-refractivity contribution in [2.45, 2.75) is 32.8 Å². The summed E-state index contributed by atoms with van der Waals surface area (Å²) >= 11 is 5.78. The normalized spacial score (nSPS) is 17.1. The zero-order valence-corrected chi connectivity index (χ0v) is 17.6. The number of carbonyl (C=O) groups is 3. The van der Waals surface area contributed by atoms with Crippen molar-refractivity contribution in [3.05, 3.63) is 65.0 Å². The van der Waals surface area contributed by atoms with Gasteiger partial charge in [-0.3, -0.25) is 14.4 Å². The van der Waals surface area contributed by atoms with Gasteiger partial charge in [-0.2, -0.15) is 0 Å². The van der Waals surface area contributed by atoms with Crippen molar-refractivity contribution in [2.24, 2.45) is 5.92 Å². The number of Topliss-reactive ketones (excluding diaryl/α,β-unsaturated/α-hetero) is 1. The molecule has 0 N–H and O–H groups in total. The summed E-state index contributed by atoms with van der Waals surface area (Å²) in [6, 6.07) is 10.7. The Labute approximate surface area is 179 Å². The average molecular weight is 432 g/mol. The fourth-order valence-corrected chi connectivity index (χ4v) is 3.59. The second-order valence-electron chi connectivity index (χ2n) is 7.45. The van der Waals surface area contributed by atoms with Crippen LogP contribution in [0.5, 0.6) is 0 Å². The fourth-order valence-electron chi connectivity index (χ4n) is 3.39. The van der Waals surface area contributed by atoms with Gasteiger partial charge in [-0.1, -0.05) is 6.07 Å². The molecular weight excluding hydrogens is 409 g/mol. The molecule has 1 heterocycles. The molecule has 158 valence electrons. The number of anilines is 1. The Hall–Kier alpha value is -2.73. The molecule has 2 atom stereocenters. The molecule has 1 saturated heterocycles. The van der Waals surface area contributed by atoms with Gasteiger partial charge in [-0.15, -0.1) is 11.6 Å². The van der Waals surface area contributed by atoms with E-state index in [4.69, 9.17) is 16.3 Å². The monoisotopic (exact) mass is 431 g/mol. The third kappa shape index (κ3) is 4.87. The summed E-state index contributed by atoms with van der Waals surface area (Å²) < 4.78 is 18.6. The Morgan fingerprint density at radius 1 is 1.17 bits per heavy atom. The van der Waals surface area contributed by atoms with E-state index < -0.39 is 29.6 Å². The number of hydrogen-bond donors (Lipinski definition) is 0. The summed E-state index contributed by atoms with van der Waals surface area (Å²) in [5.41, 5.74) is 3.14. The summed E-state index contributed by atoms with van der Waals surface area (Å²) in [5, 5.41) is 0. The maximum absolute atomic E-state index is 13.1. The van der Waals surface area contributed by atoms with E-state index in [1.54, 1.807) is 4.90 Å². The van der Waals surface area contributed by atoms with Crippen LogP contribution in [0.25, 0.3) is 0 Å². The molecule has 0 saturated carbocycles. The van der Waals surface area contributed by atoms with Gasteiger partial charge in [-0.25, -0.2) is 4.39 Å². The first-order chi connectivity index (χ1) is 14.3. The van der Waals surface area contributed by atoms with Gasteiger partial charge in [0.05, 0.1) is 5.92 Å². The quantitative estimate of drug-likeness (QED) is 0.374. The summed E-state index contributed by atoms with van der Waals surface area (Å²) in [4.78, 5) is 39.4. The number of halogens is 2. The molecule has 1 amide bonds. The Kier molecular flexibility index (Phi) is 6.87. The minimum absolute atomic E-state index is 0.0179. The highest BCUT2D eigenvalue weighted by Crippen LogP contribution is 2.28. The van der Waals surface area contributed by atoms with Crippen LogP contribution in [0.2, 0.25) is 0 Å². The Morgan fingerprint density at radius 3 is 2.50 bits per heavy atom. The molecule has 0 radical (unpaired) electrons. The molecule has 0 spiro atoms. The first-order valence-corrected chi connectivity index (χ1v) is 10.3. The van der Waals surface area contributed by atoms with Crippen LogP contribution in [-0.2, 0) is 14.3 Å². The lowest BCUT2D eigenvalue weighted by molar-refractivity contribution is -0.151. The number of hydrogen-bond acceptors (Lipinski definition) is 4. The first-order valence-electron chi connectivity index (χ1n) is 9.74. The van der Waals surface area contributed by atoms with E-state index in [1.165, 1.54) is 24.3 Å². The number of carbonyl (C=O) groups excluding carboxylic acids is 3. The number of aryl methyl sites for hydroxylation is 2. The zero-order chi connectivity index (χ0) is 21.8. The fraction of sp³-hybridized carbons (Fsp3) is 0.348. The van der Waals surface area contributed by atoms with Gasteiger partial charge in [0.25, 0.3) is 0 Å². The van der Waals surface area contributed by atoms with E-state index in [1.807, 2.05) is 32.0 Å². The molecule has 1 aliphatic rings. The van der Waals surface area contributed by atoms with Crippen molar-refractivity contribution in [3.8, 4) is 0 Å². The third-order valence-corrected chi connectivity index (χ3v) is 5.53. The molecule has 0 aromatic heterocycles. The van der Waals surface area contributed by atoms with Crippen LogP contribution in [0, 0.1) is 25.6 Å². The van der Waals surface area contributed by atoms with E-state index >= 15 is 0 Å². The molecule has 1 aliphatic heterocycles. The first kappa shape index (κ1) is 22.0. The number of esters is 1. The molecule has 5 nitrogen and oxygen atoms in total. The van der Waals surface area contributed by atoms with Crippen molar-refractivity contribution in [3.63, 3.8) is 0 Å². The molecular formula is C23H23ClFNO4. The van der Waals surface area contributed by atoms with Crippen LogP contribution in [0.3, 0.4) is 0 Å². The molecule has 0 unspecified atom stereocenters. The molecule has 30 heavy (non-hydrogen) atoms. The van der Waals surface area contributed by atoms with Crippen LogP contribution in [0.1, 0.15) is 34.3 Å². The van der Waals surface area contributed by atoms with Crippen LogP contribution in [-0.4, -0.2) is 36.2 Å². The summed E-state index contributed by atoms with van der Waals surface area (Å²) in [6.45, 7) is 4.14. The van der Waals surface area contributed by atoms with E-state index in [9.17, 15) is 18.8 Å². The Bertz CT molecular complexity index is 960. The number of alkyl halides is 1. The number of benzene rings is 2.